The minimum atomic E-state index is -0.460. The van der Waals surface area contributed by atoms with Crippen LogP contribution in [-0.2, 0) is 22.5 Å². The van der Waals surface area contributed by atoms with Crippen molar-refractivity contribution in [1.29, 1.82) is 0 Å². The van der Waals surface area contributed by atoms with E-state index in [2.05, 4.69) is 9.97 Å². The second kappa shape index (κ2) is 9.23. The summed E-state index contributed by atoms with van der Waals surface area (Å²) in [5, 5.41) is 3.12. The molecule has 1 amide bonds. The van der Waals surface area contributed by atoms with E-state index in [4.69, 9.17) is 4.74 Å². The van der Waals surface area contributed by atoms with Crippen molar-refractivity contribution in [3.63, 3.8) is 0 Å². The molecule has 0 radical (unpaired) electrons. The molecule has 1 aromatic carbocycles. The van der Waals surface area contributed by atoms with Crippen LogP contribution in [0.25, 0.3) is 0 Å². The fourth-order valence-electron chi connectivity index (χ4n) is 2.66. The summed E-state index contributed by atoms with van der Waals surface area (Å²) in [5.41, 5.74) is 1.94. The van der Waals surface area contributed by atoms with E-state index in [0.29, 0.717) is 21.4 Å². The Balaban J connectivity index is 1.91. The summed E-state index contributed by atoms with van der Waals surface area (Å²) in [6, 6.07) is 5.93. The fraction of sp³-hybridized carbons (Fsp3) is 0.300. The highest BCUT2D eigenvalue weighted by atomic mass is 32.1. The molecule has 6 nitrogen and oxygen atoms in total. The predicted molar refractivity (Wildman–Crippen MR) is 111 cm³/mol. The van der Waals surface area contributed by atoms with Gasteiger partial charge in [-0.2, -0.15) is 0 Å². The number of nitrogens with zero attached hydrogens (tertiary/aromatic N) is 3. The molecule has 0 saturated carbocycles. The Hall–Kier alpha value is -2.65. The summed E-state index contributed by atoms with van der Waals surface area (Å²) in [7, 11) is 0. The molecule has 152 valence electrons. The summed E-state index contributed by atoms with van der Waals surface area (Å²) >= 11 is 2.59. The first-order chi connectivity index (χ1) is 13.9. The number of hydrogen-bond donors (Lipinski definition) is 0. The second-order valence-corrected chi connectivity index (χ2v) is 8.31. The molecule has 0 N–H and O–H groups in total. The first-order valence-corrected chi connectivity index (χ1v) is 10.7. The van der Waals surface area contributed by atoms with Crippen molar-refractivity contribution in [1.82, 2.24) is 9.97 Å². The van der Waals surface area contributed by atoms with Gasteiger partial charge in [-0.1, -0.05) is 23.5 Å². The quantitative estimate of drug-likeness (QED) is 0.519. The molecule has 0 spiro atoms. The highest BCUT2D eigenvalue weighted by Crippen LogP contribution is 2.29. The van der Waals surface area contributed by atoms with Crippen molar-refractivity contribution in [3.8, 4) is 0 Å². The standard InChI is InChI=1S/C20H20FN3O3S2/c1-4-27-19(26)18-12(2)22-20(29-18)24(10-14-5-7-15(21)8-6-14)17(25)9-16-11-28-13(3)23-16/h5-8,11H,4,9-10H2,1-3H3. The lowest BCUT2D eigenvalue weighted by Crippen LogP contribution is -2.31. The van der Waals surface area contributed by atoms with E-state index in [0.717, 1.165) is 21.9 Å². The molecule has 3 rings (SSSR count). The van der Waals surface area contributed by atoms with Crippen molar-refractivity contribution in [3.05, 3.63) is 62.3 Å². The average molecular weight is 434 g/mol. The molecule has 0 aliphatic heterocycles. The Morgan fingerprint density at radius 2 is 1.90 bits per heavy atom. The van der Waals surface area contributed by atoms with Crippen LogP contribution < -0.4 is 4.90 Å². The van der Waals surface area contributed by atoms with E-state index < -0.39 is 5.97 Å². The Labute approximate surface area is 176 Å². The number of hydrogen-bond acceptors (Lipinski definition) is 7. The number of anilines is 1. The number of esters is 1. The van der Waals surface area contributed by atoms with Gasteiger partial charge in [0, 0.05) is 5.38 Å². The minimum Gasteiger partial charge on any atom is -0.462 e. The molecule has 0 bridgehead atoms. The number of aryl methyl sites for hydroxylation is 2. The van der Waals surface area contributed by atoms with Gasteiger partial charge in [0.05, 0.1) is 36.0 Å². The van der Waals surface area contributed by atoms with Crippen LogP contribution in [0.4, 0.5) is 9.52 Å². The third-order valence-electron chi connectivity index (χ3n) is 4.03. The van der Waals surface area contributed by atoms with Crippen LogP contribution in [0.3, 0.4) is 0 Å². The molecule has 0 atom stereocenters. The second-order valence-electron chi connectivity index (χ2n) is 6.27. The van der Waals surface area contributed by atoms with Gasteiger partial charge < -0.3 is 4.74 Å². The number of amides is 1. The Bertz CT molecular complexity index is 1010. The first-order valence-electron chi connectivity index (χ1n) is 8.97. The maximum Gasteiger partial charge on any atom is 0.350 e. The SMILES string of the molecule is CCOC(=O)c1sc(N(Cc2ccc(F)cc2)C(=O)Cc2csc(C)n2)nc1C. The summed E-state index contributed by atoms with van der Waals surface area (Å²) in [6.07, 6.45) is 0.110. The molecule has 0 aliphatic rings. The molecule has 2 aromatic heterocycles. The zero-order valence-electron chi connectivity index (χ0n) is 16.3. The maximum absolute atomic E-state index is 13.3. The van der Waals surface area contributed by atoms with Crippen LogP contribution >= 0.6 is 22.7 Å². The molecule has 0 fully saturated rings. The largest absolute Gasteiger partial charge is 0.462 e. The van der Waals surface area contributed by atoms with Crippen LogP contribution in [-0.4, -0.2) is 28.5 Å². The zero-order valence-corrected chi connectivity index (χ0v) is 17.9. The van der Waals surface area contributed by atoms with E-state index in [9.17, 15) is 14.0 Å². The van der Waals surface area contributed by atoms with Gasteiger partial charge in [-0.25, -0.2) is 19.2 Å². The minimum absolute atomic E-state index is 0.110. The Kier molecular flexibility index (Phi) is 6.71. The number of ether oxygens (including phenoxy) is 1. The molecule has 0 saturated heterocycles. The van der Waals surface area contributed by atoms with Crippen LogP contribution in [0.2, 0.25) is 0 Å². The van der Waals surface area contributed by atoms with Crippen LogP contribution in [0.1, 0.15) is 38.6 Å². The lowest BCUT2D eigenvalue weighted by atomic mass is 10.2. The number of aromatic nitrogens is 2. The van der Waals surface area contributed by atoms with Crippen LogP contribution in [0.5, 0.6) is 0 Å². The smallest absolute Gasteiger partial charge is 0.350 e. The van der Waals surface area contributed by atoms with Gasteiger partial charge in [-0.05, 0) is 38.5 Å². The first kappa shape index (κ1) is 21.1. The molecule has 0 aliphatic carbocycles. The van der Waals surface area contributed by atoms with Crippen LogP contribution in [0.15, 0.2) is 29.6 Å². The normalized spacial score (nSPS) is 10.8. The third-order valence-corrected chi connectivity index (χ3v) is 6.01. The summed E-state index contributed by atoms with van der Waals surface area (Å²) in [4.78, 5) is 35.9. The van der Waals surface area contributed by atoms with Crippen molar-refractivity contribution >= 4 is 39.7 Å². The highest BCUT2D eigenvalue weighted by Gasteiger charge is 2.25. The third kappa shape index (κ3) is 5.24. The van der Waals surface area contributed by atoms with Gasteiger partial charge in [0.25, 0.3) is 0 Å². The van der Waals surface area contributed by atoms with Gasteiger partial charge in [-0.3, -0.25) is 9.69 Å². The average Bonchev–Trinajstić information content (AvgIpc) is 3.26. The van der Waals surface area contributed by atoms with Gasteiger partial charge in [0.1, 0.15) is 10.7 Å². The molecule has 0 unspecified atom stereocenters. The van der Waals surface area contributed by atoms with Gasteiger partial charge in [-0.15, -0.1) is 11.3 Å². The van der Waals surface area contributed by atoms with E-state index in [-0.39, 0.29) is 31.3 Å². The molecule has 29 heavy (non-hydrogen) atoms. The van der Waals surface area contributed by atoms with Crippen molar-refractivity contribution in [2.45, 2.75) is 33.7 Å². The topological polar surface area (TPSA) is 72.4 Å². The van der Waals surface area contributed by atoms with Gasteiger partial charge >= 0.3 is 5.97 Å². The number of benzene rings is 1. The van der Waals surface area contributed by atoms with Crippen LogP contribution in [0, 0.1) is 19.7 Å². The molecule has 9 heteroatoms. The highest BCUT2D eigenvalue weighted by molar-refractivity contribution is 7.17. The predicted octanol–water partition coefficient (Wildman–Crippen LogP) is 4.31. The molecular weight excluding hydrogens is 413 g/mol. The number of rotatable bonds is 7. The number of thiazole rings is 2. The van der Waals surface area contributed by atoms with E-state index in [1.165, 1.54) is 28.4 Å². The van der Waals surface area contributed by atoms with E-state index in [1.807, 2.05) is 12.3 Å². The molecular formula is C20H20FN3O3S2. The lowest BCUT2D eigenvalue weighted by Gasteiger charge is -2.19. The summed E-state index contributed by atoms with van der Waals surface area (Å²) < 4.78 is 18.3. The molecule has 3 aromatic rings. The Morgan fingerprint density at radius 3 is 2.52 bits per heavy atom. The van der Waals surface area contributed by atoms with Crippen molar-refractivity contribution in [2.24, 2.45) is 0 Å². The van der Waals surface area contributed by atoms with E-state index >= 15 is 0 Å². The maximum atomic E-state index is 13.3. The molecule has 2 heterocycles. The van der Waals surface area contributed by atoms with Crippen molar-refractivity contribution < 1.29 is 18.7 Å². The van der Waals surface area contributed by atoms with Gasteiger partial charge in [0.2, 0.25) is 5.91 Å². The number of carbonyl (C=O) groups is 2. The summed E-state index contributed by atoms with van der Waals surface area (Å²) in [6.45, 7) is 5.78. The monoisotopic (exact) mass is 433 g/mol. The zero-order chi connectivity index (χ0) is 21.0. The van der Waals surface area contributed by atoms with Gasteiger partial charge in [0.15, 0.2) is 5.13 Å². The Morgan fingerprint density at radius 1 is 1.17 bits per heavy atom. The van der Waals surface area contributed by atoms with E-state index in [1.54, 1.807) is 26.0 Å². The summed E-state index contributed by atoms with van der Waals surface area (Å²) in [5.74, 6) is -1.01. The fourth-order valence-corrected chi connectivity index (χ4v) is 4.25. The number of halogens is 1. The van der Waals surface area contributed by atoms with Crippen molar-refractivity contribution in [2.75, 3.05) is 11.5 Å². The number of carbonyl (C=O) groups excluding carboxylic acids is 2. The lowest BCUT2D eigenvalue weighted by molar-refractivity contribution is -0.118.